The van der Waals surface area contributed by atoms with Crippen LogP contribution in [0.1, 0.15) is 26.7 Å². The quantitative estimate of drug-likeness (QED) is 0.796. The van der Waals surface area contributed by atoms with Gasteiger partial charge in [0.15, 0.2) is 0 Å². The van der Waals surface area contributed by atoms with Gasteiger partial charge in [0.2, 0.25) is 10.0 Å². The number of aliphatic hydroxyl groups is 1. The van der Waals surface area contributed by atoms with Crippen LogP contribution in [-0.2, 0) is 10.0 Å². The molecular weight excluding hydrogens is 278 g/mol. The zero-order valence-electron chi connectivity index (χ0n) is 12.2. The number of benzene rings is 1. The molecule has 0 atom stereocenters. The van der Waals surface area contributed by atoms with Crippen LogP contribution in [0.2, 0.25) is 0 Å². The van der Waals surface area contributed by atoms with E-state index in [4.69, 9.17) is 9.84 Å². The number of rotatable bonds is 8. The number of aliphatic hydroxyl groups excluding tert-OH is 1. The molecule has 0 spiro atoms. The number of ether oxygens (including phenoxy) is 1. The second-order valence-electron chi connectivity index (χ2n) is 4.49. The molecule has 1 N–H and O–H groups in total. The molecule has 5 nitrogen and oxygen atoms in total. The highest BCUT2D eigenvalue weighted by Gasteiger charge is 2.29. The van der Waals surface area contributed by atoms with Gasteiger partial charge >= 0.3 is 0 Å². The highest BCUT2D eigenvalue weighted by Crippen LogP contribution is 2.24. The van der Waals surface area contributed by atoms with Crippen molar-refractivity contribution in [2.45, 2.75) is 37.6 Å². The van der Waals surface area contributed by atoms with Crippen LogP contribution < -0.4 is 4.74 Å². The monoisotopic (exact) mass is 301 g/mol. The molecule has 6 heteroatoms. The minimum absolute atomic E-state index is 0.103. The molecule has 0 saturated carbocycles. The first kappa shape index (κ1) is 16.9. The summed E-state index contributed by atoms with van der Waals surface area (Å²) in [4.78, 5) is 0.192. The highest BCUT2D eigenvalue weighted by molar-refractivity contribution is 7.89. The van der Waals surface area contributed by atoms with Gasteiger partial charge in [-0.2, -0.15) is 4.31 Å². The maximum absolute atomic E-state index is 12.7. The molecule has 0 aliphatic carbocycles. The standard InChI is InChI=1S/C14H23NO4S/c1-4-12(5-2)15(9-10-16)20(17,18)14-8-6-7-13(11-14)19-3/h6-8,11-12,16H,4-5,9-10H2,1-3H3. The Bertz CT molecular complexity index is 512. The lowest BCUT2D eigenvalue weighted by Gasteiger charge is -2.29. The van der Waals surface area contributed by atoms with Crippen LogP contribution in [-0.4, -0.2) is 44.1 Å². The van der Waals surface area contributed by atoms with Crippen LogP contribution >= 0.6 is 0 Å². The molecule has 0 radical (unpaired) electrons. The smallest absolute Gasteiger partial charge is 0.243 e. The van der Waals surface area contributed by atoms with Crippen molar-refractivity contribution in [1.29, 1.82) is 0 Å². The van der Waals surface area contributed by atoms with E-state index >= 15 is 0 Å². The highest BCUT2D eigenvalue weighted by atomic mass is 32.2. The summed E-state index contributed by atoms with van der Waals surface area (Å²) in [6.07, 6.45) is 1.42. The minimum Gasteiger partial charge on any atom is -0.497 e. The summed E-state index contributed by atoms with van der Waals surface area (Å²) in [5.74, 6) is 0.500. The van der Waals surface area contributed by atoms with Gasteiger partial charge in [-0.05, 0) is 25.0 Å². The van der Waals surface area contributed by atoms with Gasteiger partial charge in [-0.15, -0.1) is 0 Å². The van der Waals surface area contributed by atoms with Gasteiger partial charge in [0, 0.05) is 18.7 Å². The van der Waals surface area contributed by atoms with Crippen molar-refractivity contribution in [3.63, 3.8) is 0 Å². The average Bonchev–Trinajstić information content (AvgIpc) is 2.47. The second-order valence-corrected chi connectivity index (χ2v) is 6.38. The van der Waals surface area contributed by atoms with E-state index in [2.05, 4.69) is 0 Å². The van der Waals surface area contributed by atoms with Gasteiger partial charge in [-0.3, -0.25) is 0 Å². The van der Waals surface area contributed by atoms with Crippen LogP contribution in [0.3, 0.4) is 0 Å². The van der Waals surface area contributed by atoms with E-state index in [1.54, 1.807) is 18.2 Å². The lowest BCUT2D eigenvalue weighted by atomic mass is 10.2. The van der Waals surface area contributed by atoms with E-state index in [0.717, 1.165) is 0 Å². The normalized spacial score (nSPS) is 12.1. The molecule has 20 heavy (non-hydrogen) atoms. The molecule has 0 heterocycles. The third kappa shape index (κ3) is 3.71. The summed E-state index contributed by atoms with van der Waals surface area (Å²) in [6, 6.07) is 6.29. The molecule has 1 rings (SSSR count). The zero-order chi connectivity index (χ0) is 15.2. The third-order valence-corrected chi connectivity index (χ3v) is 5.27. The van der Waals surface area contributed by atoms with Gasteiger partial charge in [-0.1, -0.05) is 19.9 Å². The summed E-state index contributed by atoms with van der Waals surface area (Å²) in [6.45, 7) is 3.80. The van der Waals surface area contributed by atoms with Crippen LogP contribution in [0.4, 0.5) is 0 Å². The fourth-order valence-corrected chi connectivity index (χ4v) is 3.99. The molecule has 0 aliphatic rings. The van der Waals surface area contributed by atoms with Crippen LogP contribution in [0.15, 0.2) is 29.2 Å². The summed E-state index contributed by atoms with van der Waals surface area (Å²) >= 11 is 0. The summed E-state index contributed by atoms with van der Waals surface area (Å²) < 4.78 is 31.9. The van der Waals surface area contributed by atoms with Gasteiger partial charge < -0.3 is 9.84 Å². The summed E-state index contributed by atoms with van der Waals surface area (Å²) in [5.41, 5.74) is 0. The third-order valence-electron chi connectivity index (χ3n) is 3.32. The Morgan fingerprint density at radius 2 is 1.95 bits per heavy atom. The first-order valence-electron chi connectivity index (χ1n) is 6.78. The number of sulfonamides is 1. The largest absolute Gasteiger partial charge is 0.497 e. The van der Waals surface area contributed by atoms with Crippen molar-refractivity contribution in [3.8, 4) is 5.75 Å². The molecule has 0 bridgehead atoms. The van der Waals surface area contributed by atoms with Gasteiger partial charge in [0.1, 0.15) is 5.75 Å². The predicted molar refractivity (Wildman–Crippen MR) is 78.3 cm³/mol. The number of nitrogens with zero attached hydrogens (tertiary/aromatic N) is 1. The van der Waals surface area contributed by atoms with Crippen molar-refractivity contribution < 1.29 is 18.3 Å². The van der Waals surface area contributed by atoms with Crippen molar-refractivity contribution in [2.24, 2.45) is 0 Å². The number of methoxy groups -OCH3 is 1. The van der Waals surface area contributed by atoms with Crippen LogP contribution in [0.5, 0.6) is 5.75 Å². The lowest BCUT2D eigenvalue weighted by molar-refractivity contribution is 0.219. The molecule has 0 amide bonds. The SMILES string of the molecule is CCC(CC)N(CCO)S(=O)(=O)c1cccc(OC)c1. The zero-order valence-corrected chi connectivity index (χ0v) is 13.1. The van der Waals surface area contributed by atoms with E-state index < -0.39 is 10.0 Å². The summed E-state index contributed by atoms with van der Waals surface area (Å²) in [5, 5.41) is 9.16. The molecule has 0 unspecified atom stereocenters. The van der Waals surface area contributed by atoms with Crippen LogP contribution in [0.25, 0.3) is 0 Å². The Hall–Kier alpha value is -1.11. The number of hydrogen-bond donors (Lipinski definition) is 1. The van der Waals surface area contributed by atoms with E-state index in [9.17, 15) is 8.42 Å². The van der Waals surface area contributed by atoms with Gasteiger partial charge in [0.25, 0.3) is 0 Å². The molecule has 1 aromatic rings. The molecule has 114 valence electrons. The molecular formula is C14H23NO4S. The molecule has 1 aromatic carbocycles. The topological polar surface area (TPSA) is 66.8 Å². The fourth-order valence-electron chi connectivity index (χ4n) is 2.19. The predicted octanol–water partition coefficient (Wildman–Crippen LogP) is 1.87. The van der Waals surface area contributed by atoms with E-state index in [0.29, 0.717) is 18.6 Å². The Morgan fingerprint density at radius 1 is 1.30 bits per heavy atom. The van der Waals surface area contributed by atoms with Crippen molar-refractivity contribution in [3.05, 3.63) is 24.3 Å². The van der Waals surface area contributed by atoms with Gasteiger partial charge in [0.05, 0.1) is 18.6 Å². The molecule has 0 fully saturated rings. The van der Waals surface area contributed by atoms with Crippen molar-refractivity contribution in [2.75, 3.05) is 20.3 Å². The fraction of sp³-hybridized carbons (Fsp3) is 0.571. The maximum Gasteiger partial charge on any atom is 0.243 e. The Labute approximate surface area is 121 Å². The molecule has 0 aliphatic heterocycles. The Morgan fingerprint density at radius 3 is 2.45 bits per heavy atom. The summed E-state index contributed by atoms with van der Waals surface area (Å²) in [7, 11) is -2.13. The number of hydrogen-bond acceptors (Lipinski definition) is 4. The Kier molecular flexibility index (Phi) is 6.45. The van der Waals surface area contributed by atoms with Crippen molar-refractivity contribution >= 4 is 10.0 Å². The molecule has 0 saturated heterocycles. The van der Waals surface area contributed by atoms with E-state index in [1.807, 2.05) is 13.8 Å². The van der Waals surface area contributed by atoms with E-state index in [1.165, 1.54) is 17.5 Å². The molecule has 0 aromatic heterocycles. The Balaban J connectivity index is 3.21. The average molecular weight is 301 g/mol. The lowest BCUT2D eigenvalue weighted by Crippen LogP contribution is -2.41. The van der Waals surface area contributed by atoms with E-state index in [-0.39, 0.29) is 24.1 Å². The van der Waals surface area contributed by atoms with Crippen molar-refractivity contribution in [1.82, 2.24) is 4.31 Å². The first-order chi connectivity index (χ1) is 9.51. The minimum atomic E-state index is -3.63. The first-order valence-corrected chi connectivity index (χ1v) is 8.22. The van der Waals surface area contributed by atoms with Crippen LogP contribution in [0, 0.1) is 0 Å². The maximum atomic E-state index is 12.7. The van der Waals surface area contributed by atoms with Gasteiger partial charge in [-0.25, -0.2) is 8.42 Å². The second kappa shape index (κ2) is 7.61.